The Morgan fingerprint density at radius 2 is 2.19 bits per heavy atom. The van der Waals surface area contributed by atoms with Crippen molar-refractivity contribution < 1.29 is 4.79 Å². The first kappa shape index (κ1) is 13.2. The van der Waals surface area contributed by atoms with Gasteiger partial charge in [-0.15, -0.1) is 5.10 Å². The first-order valence-corrected chi connectivity index (χ1v) is 6.82. The summed E-state index contributed by atoms with van der Waals surface area (Å²) in [6.45, 7) is 1.83. The number of nitrogens with zero attached hydrogens (tertiary/aromatic N) is 5. The zero-order valence-corrected chi connectivity index (χ0v) is 11.8. The fourth-order valence-electron chi connectivity index (χ4n) is 1.70. The predicted octanol–water partition coefficient (Wildman–Crippen LogP) is 0.322. The van der Waals surface area contributed by atoms with Crippen LogP contribution >= 0.6 is 11.3 Å². The number of carbonyl (C=O) groups is 1. The van der Waals surface area contributed by atoms with Gasteiger partial charge >= 0.3 is 0 Å². The fourth-order valence-corrected chi connectivity index (χ4v) is 2.42. The Bertz CT molecular complexity index is 868. The number of nitrogens with one attached hydrogen (secondary N) is 1. The van der Waals surface area contributed by atoms with E-state index in [9.17, 15) is 4.79 Å². The van der Waals surface area contributed by atoms with Crippen molar-refractivity contribution in [1.82, 2.24) is 25.0 Å². The molecule has 21 heavy (non-hydrogen) atoms. The second kappa shape index (κ2) is 5.29. The van der Waals surface area contributed by atoms with Crippen molar-refractivity contribution in [2.75, 3.05) is 5.73 Å². The van der Waals surface area contributed by atoms with Gasteiger partial charge in [-0.1, -0.05) is 11.3 Å². The molecule has 0 bridgehead atoms. The Morgan fingerprint density at radius 1 is 1.43 bits per heavy atom. The van der Waals surface area contributed by atoms with E-state index in [1.165, 1.54) is 15.9 Å². The molecule has 0 spiro atoms. The predicted molar refractivity (Wildman–Crippen MR) is 77.3 cm³/mol. The molecule has 8 nitrogen and oxygen atoms in total. The molecule has 3 rings (SSSR count). The average Bonchev–Trinajstić information content (AvgIpc) is 2.85. The molecule has 106 valence electrons. The lowest BCUT2D eigenvalue weighted by Gasteiger charge is -1.99. The van der Waals surface area contributed by atoms with Crippen LogP contribution in [0.4, 0.5) is 5.13 Å². The number of aryl methyl sites for hydroxylation is 1. The van der Waals surface area contributed by atoms with Gasteiger partial charge in [-0.05, 0) is 19.1 Å². The molecule has 0 unspecified atom stereocenters. The summed E-state index contributed by atoms with van der Waals surface area (Å²) in [4.78, 5) is 20.7. The Kier molecular flexibility index (Phi) is 3.32. The molecule has 9 heteroatoms. The van der Waals surface area contributed by atoms with Crippen LogP contribution in [0.25, 0.3) is 4.96 Å². The zero-order valence-electron chi connectivity index (χ0n) is 11.0. The fraction of sp³-hybridized carbons (Fsp3) is 0.0833. The van der Waals surface area contributed by atoms with Crippen LogP contribution in [-0.2, 0) is 0 Å². The highest BCUT2D eigenvalue weighted by Gasteiger charge is 2.06. The molecule has 0 fully saturated rings. The Labute approximate surface area is 123 Å². The van der Waals surface area contributed by atoms with Crippen LogP contribution in [0.2, 0.25) is 0 Å². The summed E-state index contributed by atoms with van der Waals surface area (Å²) in [6, 6.07) is 4.91. The second-order valence-electron chi connectivity index (χ2n) is 4.18. The third-order valence-corrected chi connectivity index (χ3v) is 3.35. The van der Waals surface area contributed by atoms with E-state index >= 15 is 0 Å². The van der Waals surface area contributed by atoms with Crippen molar-refractivity contribution in [2.45, 2.75) is 6.92 Å². The molecule has 3 N–H and O–H groups in total. The number of rotatable bonds is 2. The Morgan fingerprint density at radius 3 is 2.95 bits per heavy atom. The van der Waals surface area contributed by atoms with E-state index in [0.29, 0.717) is 21.1 Å². The number of aromatic nitrogens is 4. The smallest absolute Gasteiger partial charge is 0.271 e. The summed E-state index contributed by atoms with van der Waals surface area (Å²) in [5.74, 6) is -0.330. The average molecular weight is 301 g/mol. The van der Waals surface area contributed by atoms with Gasteiger partial charge < -0.3 is 5.73 Å². The molecule has 3 aromatic rings. The number of hydrogen-bond donors (Lipinski definition) is 2. The van der Waals surface area contributed by atoms with E-state index in [1.807, 2.05) is 6.92 Å². The van der Waals surface area contributed by atoms with Crippen LogP contribution in [0.1, 0.15) is 16.1 Å². The van der Waals surface area contributed by atoms with Gasteiger partial charge in [0, 0.05) is 29.7 Å². The number of fused-ring (bicyclic) bond motifs is 1. The first-order valence-electron chi connectivity index (χ1n) is 6.00. The van der Waals surface area contributed by atoms with Gasteiger partial charge in [0.15, 0.2) is 5.49 Å². The number of nitrogen functional groups attached to an aromatic ring is 1. The summed E-state index contributed by atoms with van der Waals surface area (Å²) < 4.78 is 1.49. The summed E-state index contributed by atoms with van der Waals surface area (Å²) in [6.07, 6.45) is 3.08. The van der Waals surface area contributed by atoms with Gasteiger partial charge in [0.1, 0.15) is 0 Å². The Balaban J connectivity index is 1.98. The minimum Gasteiger partial charge on any atom is -0.374 e. The van der Waals surface area contributed by atoms with E-state index in [-0.39, 0.29) is 5.91 Å². The van der Waals surface area contributed by atoms with Gasteiger partial charge in [-0.2, -0.15) is 9.62 Å². The second-order valence-corrected chi connectivity index (χ2v) is 5.17. The summed E-state index contributed by atoms with van der Waals surface area (Å²) in [7, 11) is 0. The topological polar surface area (TPSA) is 111 Å². The van der Waals surface area contributed by atoms with Gasteiger partial charge in [0.2, 0.25) is 10.1 Å². The molecule has 0 aliphatic rings. The van der Waals surface area contributed by atoms with Gasteiger partial charge in [-0.3, -0.25) is 9.78 Å². The maximum absolute atomic E-state index is 11.9. The van der Waals surface area contributed by atoms with Crippen LogP contribution in [-0.4, -0.2) is 25.5 Å². The molecule has 0 radical (unpaired) electrons. The highest BCUT2D eigenvalue weighted by atomic mass is 32.1. The number of anilines is 1. The lowest BCUT2D eigenvalue weighted by atomic mass is 10.3. The molecule has 0 aliphatic heterocycles. The van der Waals surface area contributed by atoms with Gasteiger partial charge in [-0.25, -0.2) is 10.4 Å². The van der Waals surface area contributed by atoms with Crippen molar-refractivity contribution >= 4 is 27.3 Å². The molecule has 1 amide bonds. The third kappa shape index (κ3) is 2.72. The lowest BCUT2D eigenvalue weighted by molar-refractivity contribution is 0.0952. The summed E-state index contributed by atoms with van der Waals surface area (Å²) >= 11 is 1.25. The maximum Gasteiger partial charge on any atom is 0.271 e. The minimum absolute atomic E-state index is 0.330. The largest absolute Gasteiger partial charge is 0.374 e. The lowest BCUT2D eigenvalue weighted by Crippen LogP contribution is -2.25. The number of hydrogen-bond acceptors (Lipinski definition) is 7. The van der Waals surface area contributed by atoms with E-state index in [1.54, 1.807) is 30.6 Å². The molecule has 0 atom stereocenters. The van der Waals surface area contributed by atoms with Crippen molar-refractivity contribution in [3.8, 4) is 0 Å². The standard InChI is InChI=1S/C12H11N7OS/c1-7-6-9(19-12(15-7)21-11(13)18-19)16-17-10(20)8-2-4-14-5-3-8/h2-6H,1H3,(H2,13,18)(H,17,20)/b16-9+. The SMILES string of the molecule is Cc1c/c(=N\NC(=O)c2ccncc2)n2nc(N)sc2n1. The molecule has 3 heterocycles. The van der Waals surface area contributed by atoms with Crippen LogP contribution in [0.5, 0.6) is 0 Å². The monoisotopic (exact) mass is 301 g/mol. The van der Waals surface area contributed by atoms with Crippen LogP contribution in [0.3, 0.4) is 0 Å². The molecule has 0 saturated heterocycles. The number of amides is 1. The molecule has 0 aromatic carbocycles. The number of carbonyl (C=O) groups excluding carboxylic acids is 1. The quantitative estimate of drug-likeness (QED) is 0.662. The summed E-state index contributed by atoms with van der Waals surface area (Å²) in [5.41, 5.74) is 9.83. The van der Waals surface area contributed by atoms with Crippen molar-refractivity contribution in [2.24, 2.45) is 5.10 Å². The zero-order chi connectivity index (χ0) is 14.8. The highest BCUT2D eigenvalue weighted by molar-refractivity contribution is 7.20. The van der Waals surface area contributed by atoms with Crippen molar-refractivity contribution in [3.05, 3.63) is 47.3 Å². The van der Waals surface area contributed by atoms with Gasteiger partial charge in [0.25, 0.3) is 5.91 Å². The molecule has 0 aliphatic carbocycles. The van der Waals surface area contributed by atoms with Crippen molar-refractivity contribution in [1.29, 1.82) is 0 Å². The molecule has 3 aromatic heterocycles. The third-order valence-electron chi connectivity index (χ3n) is 2.62. The number of nitrogens with two attached hydrogens (primary N) is 1. The maximum atomic E-state index is 11.9. The van der Waals surface area contributed by atoms with Gasteiger partial charge in [0.05, 0.1) is 0 Å². The van der Waals surface area contributed by atoms with Crippen LogP contribution < -0.4 is 16.6 Å². The summed E-state index contributed by atoms with van der Waals surface area (Å²) in [5, 5.41) is 8.56. The molecular formula is C12H11N7OS. The highest BCUT2D eigenvalue weighted by Crippen LogP contribution is 2.11. The van der Waals surface area contributed by atoms with E-state index in [0.717, 1.165) is 5.69 Å². The van der Waals surface area contributed by atoms with Crippen LogP contribution in [0, 0.1) is 6.92 Å². The normalized spacial score (nSPS) is 11.8. The van der Waals surface area contributed by atoms with E-state index in [2.05, 4.69) is 25.6 Å². The molecule has 0 saturated carbocycles. The first-order chi connectivity index (χ1) is 10.1. The van der Waals surface area contributed by atoms with E-state index < -0.39 is 0 Å². The van der Waals surface area contributed by atoms with Crippen LogP contribution in [0.15, 0.2) is 35.7 Å². The molecular weight excluding hydrogens is 290 g/mol. The Hall–Kier alpha value is -2.81. The number of pyridine rings is 1. The minimum atomic E-state index is -0.330. The van der Waals surface area contributed by atoms with Crippen molar-refractivity contribution in [3.63, 3.8) is 0 Å². The van der Waals surface area contributed by atoms with E-state index in [4.69, 9.17) is 5.73 Å².